The number of ether oxygens (including phenoxy) is 2. The van der Waals surface area contributed by atoms with Crippen molar-refractivity contribution in [2.75, 3.05) is 59.0 Å². The minimum Gasteiger partial charge on any atom is -0.496 e. The number of nitrogens with one attached hydrogen (secondary N) is 1. The zero-order valence-electron chi connectivity index (χ0n) is 17.2. The van der Waals surface area contributed by atoms with Crippen molar-refractivity contribution in [3.8, 4) is 5.75 Å². The van der Waals surface area contributed by atoms with Crippen molar-refractivity contribution in [1.29, 1.82) is 0 Å². The molecule has 156 valence electrons. The highest BCUT2D eigenvalue weighted by molar-refractivity contribution is 6.31. The molecule has 0 aromatic heterocycles. The van der Waals surface area contributed by atoms with E-state index in [1.807, 2.05) is 14.1 Å². The summed E-state index contributed by atoms with van der Waals surface area (Å²) in [6, 6.07) is 13.6. The van der Waals surface area contributed by atoms with Gasteiger partial charge in [0.05, 0.1) is 31.9 Å². The van der Waals surface area contributed by atoms with E-state index < -0.39 is 0 Å². The lowest BCUT2D eigenvalue weighted by molar-refractivity contribution is 0.0162. The van der Waals surface area contributed by atoms with Crippen LogP contribution < -0.4 is 15.0 Å². The second kappa shape index (κ2) is 9.96. The summed E-state index contributed by atoms with van der Waals surface area (Å²) in [5.41, 5.74) is 2.74. The van der Waals surface area contributed by atoms with Gasteiger partial charge in [-0.2, -0.15) is 0 Å². The number of anilines is 1. The molecule has 2 aromatic carbocycles. The number of nitrogens with zero attached hydrogens (tertiary/aromatic N) is 2. The van der Waals surface area contributed by atoms with Crippen LogP contribution in [0, 0.1) is 0 Å². The number of carbonyl (C=O) groups is 1. The zero-order valence-corrected chi connectivity index (χ0v) is 17.9. The van der Waals surface area contributed by atoms with E-state index in [9.17, 15) is 4.79 Å². The number of hydrogen-bond acceptors (Lipinski definition) is 5. The smallest absolute Gasteiger partial charge is 0.255 e. The van der Waals surface area contributed by atoms with Gasteiger partial charge in [0, 0.05) is 44.4 Å². The van der Waals surface area contributed by atoms with Gasteiger partial charge < -0.3 is 19.7 Å². The van der Waals surface area contributed by atoms with Gasteiger partial charge in [-0.3, -0.25) is 9.69 Å². The van der Waals surface area contributed by atoms with E-state index in [1.54, 1.807) is 25.3 Å². The van der Waals surface area contributed by atoms with Crippen molar-refractivity contribution in [1.82, 2.24) is 10.2 Å². The van der Waals surface area contributed by atoms with Gasteiger partial charge in [0.2, 0.25) is 0 Å². The van der Waals surface area contributed by atoms with Crippen molar-refractivity contribution < 1.29 is 14.3 Å². The number of rotatable bonds is 7. The summed E-state index contributed by atoms with van der Waals surface area (Å²) >= 11 is 6.08. The first kappa shape index (κ1) is 21.4. The number of morpholine rings is 1. The molecule has 6 nitrogen and oxygen atoms in total. The van der Waals surface area contributed by atoms with Gasteiger partial charge >= 0.3 is 0 Å². The second-order valence-electron chi connectivity index (χ2n) is 7.20. The predicted octanol–water partition coefficient (Wildman–Crippen LogP) is 3.22. The third-order valence-electron chi connectivity index (χ3n) is 5.14. The zero-order chi connectivity index (χ0) is 20.8. The van der Waals surface area contributed by atoms with E-state index in [1.165, 1.54) is 0 Å². The predicted molar refractivity (Wildman–Crippen MR) is 116 cm³/mol. The van der Waals surface area contributed by atoms with E-state index >= 15 is 0 Å². The fraction of sp³-hybridized carbons (Fsp3) is 0.409. The van der Waals surface area contributed by atoms with Crippen molar-refractivity contribution in [3.05, 3.63) is 58.6 Å². The van der Waals surface area contributed by atoms with E-state index in [2.05, 4.69) is 39.4 Å². The molecule has 1 N–H and O–H groups in total. The molecule has 1 atom stereocenters. The monoisotopic (exact) mass is 417 g/mol. The number of hydrogen-bond donors (Lipinski definition) is 1. The molecule has 0 unspecified atom stereocenters. The van der Waals surface area contributed by atoms with Crippen LogP contribution in [0.4, 0.5) is 5.69 Å². The lowest BCUT2D eigenvalue weighted by Gasteiger charge is -2.35. The Bertz CT molecular complexity index is 821. The Kier molecular flexibility index (Phi) is 7.36. The lowest BCUT2D eigenvalue weighted by Crippen LogP contribution is -2.43. The van der Waals surface area contributed by atoms with Crippen LogP contribution in [0.5, 0.6) is 5.75 Å². The van der Waals surface area contributed by atoms with Gasteiger partial charge in [0.25, 0.3) is 5.91 Å². The lowest BCUT2D eigenvalue weighted by atomic mass is 10.0. The molecule has 3 rings (SSSR count). The molecule has 0 aliphatic carbocycles. The second-order valence-corrected chi connectivity index (χ2v) is 7.64. The van der Waals surface area contributed by atoms with Gasteiger partial charge in [-0.05, 0) is 35.9 Å². The maximum absolute atomic E-state index is 12.8. The van der Waals surface area contributed by atoms with Crippen molar-refractivity contribution in [3.63, 3.8) is 0 Å². The van der Waals surface area contributed by atoms with Crippen molar-refractivity contribution in [2.24, 2.45) is 0 Å². The van der Waals surface area contributed by atoms with Crippen LogP contribution in [0.2, 0.25) is 5.02 Å². The summed E-state index contributed by atoms with van der Waals surface area (Å²) in [7, 11) is 5.59. The highest BCUT2D eigenvalue weighted by atomic mass is 35.5. The molecule has 1 amide bonds. The fourth-order valence-electron chi connectivity index (χ4n) is 3.48. The highest BCUT2D eigenvalue weighted by Crippen LogP contribution is 2.25. The average Bonchev–Trinajstić information content (AvgIpc) is 2.74. The number of amides is 1. The van der Waals surface area contributed by atoms with Crippen LogP contribution >= 0.6 is 11.6 Å². The van der Waals surface area contributed by atoms with Crippen LogP contribution in [0.25, 0.3) is 0 Å². The number of halogens is 1. The summed E-state index contributed by atoms with van der Waals surface area (Å²) in [4.78, 5) is 17.3. The fourth-order valence-corrected chi connectivity index (χ4v) is 3.66. The van der Waals surface area contributed by atoms with E-state index in [0.29, 0.717) is 36.1 Å². The summed E-state index contributed by atoms with van der Waals surface area (Å²) in [5.74, 6) is 0.303. The molecule has 0 saturated carbocycles. The Morgan fingerprint density at radius 1 is 1.21 bits per heavy atom. The van der Waals surface area contributed by atoms with Gasteiger partial charge in [-0.25, -0.2) is 0 Å². The van der Waals surface area contributed by atoms with E-state index in [-0.39, 0.29) is 11.9 Å². The number of methoxy groups -OCH3 is 1. The van der Waals surface area contributed by atoms with Crippen LogP contribution in [-0.2, 0) is 4.74 Å². The molecule has 1 aliphatic heterocycles. The van der Waals surface area contributed by atoms with Gasteiger partial charge in [-0.15, -0.1) is 0 Å². The standard InChI is InChI=1S/C22H28ClN3O3/c1-25(2)18-7-4-16(5-8-18)20(26-10-12-29-13-11-26)15-24-22(27)19-14-17(23)6-9-21(19)28-3/h4-9,14,20H,10-13,15H2,1-3H3,(H,24,27)/t20-/m0/s1. The molecular formula is C22H28ClN3O3. The SMILES string of the molecule is COc1ccc(Cl)cc1C(=O)NC[C@@H](c1ccc(N(C)C)cc1)N1CCOCC1. The first-order valence-electron chi connectivity index (χ1n) is 9.70. The first-order chi connectivity index (χ1) is 14.0. The van der Waals surface area contributed by atoms with Gasteiger partial charge in [0.1, 0.15) is 5.75 Å². The molecule has 7 heteroatoms. The molecule has 1 aliphatic rings. The topological polar surface area (TPSA) is 54.0 Å². The Morgan fingerprint density at radius 2 is 1.90 bits per heavy atom. The third-order valence-corrected chi connectivity index (χ3v) is 5.38. The molecule has 0 bridgehead atoms. The Labute approximate surface area is 177 Å². The minimum absolute atomic E-state index is 0.0595. The Hall–Kier alpha value is -2.28. The molecule has 1 fully saturated rings. The van der Waals surface area contributed by atoms with Crippen LogP contribution in [0.3, 0.4) is 0 Å². The summed E-state index contributed by atoms with van der Waals surface area (Å²) in [5, 5.41) is 3.56. The average molecular weight is 418 g/mol. The molecule has 0 radical (unpaired) electrons. The van der Waals surface area contributed by atoms with Crippen LogP contribution in [-0.4, -0.2) is 64.9 Å². The summed E-state index contributed by atoms with van der Waals surface area (Å²) in [6.07, 6.45) is 0. The van der Waals surface area contributed by atoms with Crippen LogP contribution in [0.1, 0.15) is 22.0 Å². The molecule has 1 heterocycles. The molecule has 1 saturated heterocycles. The molecule has 29 heavy (non-hydrogen) atoms. The summed E-state index contributed by atoms with van der Waals surface area (Å²) < 4.78 is 10.8. The highest BCUT2D eigenvalue weighted by Gasteiger charge is 2.24. The normalized spacial score (nSPS) is 15.6. The van der Waals surface area contributed by atoms with Crippen LogP contribution in [0.15, 0.2) is 42.5 Å². The quantitative estimate of drug-likeness (QED) is 0.749. The van der Waals surface area contributed by atoms with E-state index in [0.717, 1.165) is 24.3 Å². The molecular weight excluding hydrogens is 390 g/mol. The van der Waals surface area contributed by atoms with Crippen molar-refractivity contribution in [2.45, 2.75) is 6.04 Å². The maximum Gasteiger partial charge on any atom is 0.255 e. The largest absolute Gasteiger partial charge is 0.496 e. The summed E-state index contributed by atoms with van der Waals surface area (Å²) in [6.45, 7) is 3.54. The first-order valence-corrected chi connectivity index (χ1v) is 10.1. The van der Waals surface area contributed by atoms with Crippen molar-refractivity contribution >= 4 is 23.2 Å². The van der Waals surface area contributed by atoms with Gasteiger partial charge in [-0.1, -0.05) is 23.7 Å². The van der Waals surface area contributed by atoms with E-state index in [4.69, 9.17) is 21.1 Å². The number of carbonyl (C=O) groups excluding carboxylic acids is 1. The molecule has 2 aromatic rings. The maximum atomic E-state index is 12.8. The number of benzene rings is 2. The minimum atomic E-state index is -0.201. The third kappa shape index (κ3) is 5.41. The Balaban J connectivity index is 1.78. The molecule has 0 spiro atoms. The van der Waals surface area contributed by atoms with Gasteiger partial charge in [0.15, 0.2) is 0 Å². The Morgan fingerprint density at radius 3 is 2.52 bits per heavy atom.